The predicted octanol–water partition coefficient (Wildman–Crippen LogP) is 3.26. The molecular weight excluding hydrogens is 383 g/mol. The molecule has 1 aliphatic rings. The van der Waals surface area contributed by atoms with Crippen LogP contribution in [0, 0.1) is 0 Å². The van der Waals surface area contributed by atoms with Crippen molar-refractivity contribution >= 4 is 24.5 Å². The summed E-state index contributed by atoms with van der Waals surface area (Å²) in [6, 6.07) is 5.09. The Kier molecular flexibility index (Phi) is 5.18. The number of anilines is 1. The summed E-state index contributed by atoms with van der Waals surface area (Å²) in [5.74, 6) is -0.739. The van der Waals surface area contributed by atoms with E-state index in [1.165, 1.54) is 12.1 Å². The van der Waals surface area contributed by atoms with Gasteiger partial charge in [-0.05, 0) is 24.1 Å². The molecule has 6 nitrogen and oxygen atoms in total. The predicted molar refractivity (Wildman–Crippen MR) is 95.1 cm³/mol. The quantitative estimate of drug-likeness (QED) is 0.774. The standard InChI is InChI=1S/C17H16F3N3O3S/c1-2-3-12-21-15-14(16(25)23(12)27)11(8-13(24)22-15)9-4-6-10(7-5-9)26-17(18,19)20/h4-7,11,27H,2-3,8H2,1H3,(H,22,24). The van der Waals surface area contributed by atoms with E-state index in [9.17, 15) is 22.8 Å². The number of alkyl halides is 3. The first-order valence-corrected chi connectivity index (χ1v) is 8.60. The summed E-state index contributed by atoms with van der Waals surface area (Å²) < 4.78 is 41.9. The molecule has 1 aromatic heterocycles. The van der Waals surface area contributed by atoms with Crippen molar-refractivity contribution in [1.82, 2.24) is 8.96 Å². The summed E-state index contributed by atoms with van der Waals surface area (Å²) in [7, 11) is 0. The van der Waals surface area contributed by atoms with E-state index in [4.69, 9.17) is 0 Å². The summed E-state index contributed by atoms with van der Waals surface area (Å²) in [6.07, 6.45) is -3.57. The molecule has 0 fully saturated rings. The molecule has 1 atom stereocenters. The minimum atomic E-state index is -4.79. The summed E-state index contributed by atoms with van der Waals surface area (Å²) in [5.41, 5.74) is 0.359. The van der Waals surface area contributed by atoms with Gasteiger partial charge in [-0.3, -0.25) is 9.59 Å². The van der Waals surface area contributed by atoms with Gasteiger partial charge >= 0.3 is 6.36 Å². The van der Waals surface area contributed by atoms with Crippen molar-refractivity contribution < 1.29 is 22.7 Å². The van der Waals surface area contributed by atoms with E-state index in [2.05, 4.69) is 27.9 Å². The fraction of sp³-hybridized carbons (Fsp3) is 0.353. The third kappa shape index (κ3) is 4.10. The second-order valence-electron chi connectivity index (χ2n) is 6.08. The van der Waals surface area contributed by atoms with Gasteiger partial charge in [-0.15, -0.1) is 13.2 Å². The number of nitrogens with zero attached hydrogens (tertiary/aromatic N) is 2. The number of rotatable bonds is 4. The zero-order valence-corrected chi connectivity index (χ0v) is 15.1. The van der Waals surface area contributed by atoms with Gasteiger partial charge in [-0.25, -0.2) is 8.96 Å². The molecule has 1 unspecified atom stereocenters. The number of amides is 1. The minimum absolute atomic E-state index is 0.0235. The van der Waals surface area contributed by atoms with Crippen LogP contribution in [0.1, 0.15) is 42.6 Å². The third-order valence-electron chi connectivity index (χ3n) is 4.15. The Labute approximate surface area is 157 Å². The van der Waals surface area contributed by atoms with Gasteiger partial charge in [-0.2, -0.15) is 0 Å². The van der Waals surface area contributed by atoms with Crippen LogP contribution in [0.4, 0.5) is 19.0 Å². The molecule has 1 aliphatic heterocycles. The van der Waals surface area contributed by atoms with Gasteiger partial charge in [0.25, 0.3) is 5.56 Å². The molecule has 27 heavy (non-hydrogen) atoms. The van der Waals surface area contributed by atoms with Crippen LogP contribution < -0.4 is 15.6 Å². The Morgan fingerprint density at radius 1 is 1.30 bits per heavy atom. The molecule has 0 saturated carbocycles. The number of nitrogens with one attached hydrogen (secondary N) is 1. The largest absolute Gasteiger partial charge is 0.573 e. The number of carbonyl (C=O) groups is 1. The highest BCUT2D eigenvalue weighted by Crippen LogP contribution is 2.35. The number of thiol groups is 1. The van der Waals surface area contributed by atoms with Gasteiger partial charge in [0.15, 0.2) is 0 Å². The highest BCUT2D eigenvalue weighted by atomic mass is 32.1. The van der Waals surface area contributed by atoms with E-state index < -0.39 is 17.8 Å². The van der Waals surface area contributed by atoms with Crippen molar-refractivity contribution in [3.8, 4) is 5.75 Å². The van der Waals surface area contributed by atoms with Gasteiger partial charge in [0.05, 0.1) is 5.56 Å². The van der Waals surface area contributed by atoms with Crippen LogP contribution in [-0.2, 0) is 11.2 Å². The van der Waals surface area contributed by atoms with E-state index in [0.29, 0.717) is 17.8 Å². The SMILES string of the molecule is CCCc1nc2c(c(=O)n1S)C(c1ccc(OC(F)(F)F)cc1)CC(=O)N2. The van der Waals surface area contributed by atoms with Crippen LogP contribution in [-0.4, -0.2) is 21.2 Å². The normalized spacial score (nSPS) is 16.6. The Morgan fingerprint density at radius 2 is 1.96 bits per heavy atom. The smallest absolute Gasteiger partial charge is 0.406 e. The topological polar surface area (TPSA) is 73.2 Å². The number of aryl methyl sites for hydroxylation is 1. The molecule has 10 heteroatoms. The summed E-state index contributed by atoms with van der Waals surface area (Å²) >= 11 is 4.20. The molecule has 2 aromatic rings. The molecule has 1 amide bonds. The number of carbonyl (C=O) groups excluding carboxylic acids is 1. The maximum atomic E-state index is 12.8. The van der Waals surface area contributed by atoms with E-state index in [-0.39, 0.29) is 29.5 Å². The monoisotopic (exact) mass is 399 g/mol. The number of hydrogen-bond acceptors (Lipinski definition) is 5. The molecule has 0 bridgehead atoms. The first-order valence-electron chi connectivity index (χ1n) is 8.20. The number of ether oxygens (including phenoxy) is 1. The first-order chi connectivity index (χ1) is 12.7. The molecule has 0 spiro atoms. The van der Waals surface area contributed by atoms with Crippen molar-refractivity contribution in [2.45, 2.75) is 38.5 Å². The van der Waals surface area contributed by atoms with Crippen LogP contribution in [0.5, 0.6) is 5.75 Å². The van der Waals surface area contributed by atoms with E-state index in [1.54, 1.807) is 0 Å². The molecule has 1 N–H and O–H groups in total. The molecule has 0 aliphatic carbocycles. The van der Waals surface area contributed by atoms with Gasteiger partial charge in [0, 0.05) is 18.8 Å². The summed E-state index contributed by atoms with van der Waals surface area (Å²) in [5, 5.41) is 2.60. The number of hydrogen-bond donors (Lipinski definition) is 2. The number of benzene rings is 1. The zero-order chi connectivity index (χ0) is 19.8. The maximum Gasteiger partial charge on any atom is 0.573 e. The molecule has 0 saturated heterocycles. The van der Waals surface area contributed by atoms with Gasteiger partial charge in [0.2, 0.25) is 5.91 Å². The van der Waals surface area contributed by atoms with Crippen molar-refractivity contribution in [1.29, 1.82) is 0 Å². The maximum absolute atomic E-state index is 12.8. The van der Waals surface area contributed by atoms with Crippen molar-refractivity contribution in [3.63, 3.8) is 0 Å². The third-order valence-corrected chi connectivity index (χ3v) is 4.56. The van der Waals surface area contributed by atoms with Crippen molar-refractivity contribution in [2.75, 3.05) is 5.32 Å². The van der Waals surface area contributed by atoms with E-state index in [1.807, 2.05) is 6.92 Å². The number of aromatic nitrogens is 2. The van der Waals surface area contributed by atoms with Crippen LogP contribution in [0.3, 0.4) is 0 Å². The Bertz CT molecular complexity index is 926. The fourth-order valence-corrected chi connectivity index (χ4v) is 3.27. The second kappa shape index (κ2) is 7.26. The number of fused-ring (bicyclic) bond motifs is 1. The fourth-order valence-electron chi connectivity index (χ4n) is 3.02. The first kappa shape index (κ1) is 19.3. The van der Waals surface area contributed by atoms with Gasteiger partial charge in [-0.1, -0.05) is 31.9 Å². The lowest BCUT2D eigenvalue weighted by Gasteiger charge is -2.25. The molecule has 1 aromatic carbocycles. The van der Waals surface area contributed by atoms with Crippen LogP contribution in [0.15, 0.2) is 29.1 Å². The summed E-state index contributed by atoms with van der Waals surface area (Å²) in [4.78, 5) is 29.2. The Hall–Kier alpha value is -2.49. The molecule has 144 valence electrons. The average Bonchev–Trinajstić information content (AvgIpc) is 2.58. The van der Waals surface area contributed by atoms with Crippen molar-refractivity contribution in [2.24, 2.45) is 0 Å². The van der Waals surface area contributed by atoms with E-state index in [0.717, 1.165) is 22.5 Å². The molecule has 2 heterocycles. The Balaban J connectivity index is 2.02. The highest BCUT2D eigenvalue weighted by Gasteiger charge is 2.33. The lowest BCUT2D eigenvalue weighted by molar-refractivity contribution is -0.274. The van der Waals surface area contributed by atoms with Crippen LogP contribution in [0.2, 0.25) is 0 Å². The number of halogens is 3. The highest BCUT2D eigenvalue weighted by molar-refractivity contribution is 7.78. The van der Waals surface area contributed by atoms with Gasteiger partial charge < -0.3 is 10.1 Å². The summed E-state index contributed by atoms with van der Waals surface area (Å²) in [6.45, 7) is 1.92. The second-order valence-corrected chi connectivity index (χ2v) is 6.48. The van der Waals surface area contributed by atoms with Gasteiger partial charge in [0.1, 0.15) is 17.4 Å². The minimum Gasteiger partial charge on any atom is -0.406 e. The average molecular weight is 399 g/mol. The Morgan fingerprint density at radius 3 is 2.56 bits per heavy atom. The van der Waals surface area contributed by atoms with Crippen LogP contribution >= 0.6 is 12.8 Å². The zero-order valence-electron chi connectivity index (χ0n) is 14.2. The lowest BCUT2D eigenvalue weighted by Crippen LogP contribution is -2.34. The molecule has 0 radical (unpaired) electrons. The molecular formula is C17H16F3N3O3S. The molecule has 3 rings (SSSR count). The lowest BCUT2D eigenvalue weighted by atomic mass is 9.87. The van der Waals surface area contributed by atoms with Crippen molar-refractivity contribution in [3.05, 3.63) is 51.6 Å². The van der Waals surface area contributed by atoms with Crippen LogP contribution in [0.25, 0.3) is 0 Å². The van der Waals surface area contributed by atoms with E-state index >= 15 is 0 Å².